The zero-order chi connectivity index (χ0) is 9.84. The number of halogens is 1. The molecule has 0 amide bonds. The Morgan fingerprint density at radius 3 is 2.57 bits per heavy atom. The number of rotatable bonds is 3. The van der Waals surface area contributed by atoms with E-state index >= 15 is 0 Å². The van der Waals surface area contributed by atoms with Gasteiger partial charge in [-0.3, -0.25) is 0 Å². The van der Waals surface area contributed by atoms with Gasteiger partial charge in [-0.25, -0.2) is 0 Å². The molecule has 0 spiro atoms. The maximum atomic E-state index is 5.83. The molecule has 0 aliphatic carbocycles. The van der Waals surface area contributed by atoms with Crippen LogP contribution in [0.1, 0.15) is 17.2 Å². The lowest BCUT2D eigenvalue weighted by Gasteiger charge is -2.11. The van der Waals surface area contributed by atoms with Gasteiger partial charge >= 0.3 is 0 Å². The lowest BCUT2D eigenvalue weighted by Crippen LogP contribution is -2.08. The van der Waals surface area contributed by atoms with Gasteiger partial charge in [0.2, 0.25) is 0 Å². The molecule has 0 aliphatic rings. The van der Waals surface area contributed by atoms with E-state index in [4.69, 9.17) is 10.5 Å². The van der Waals surface area contributed by atoms with Crippen LogP contribution in [0.4, 0.5) is 0 Å². The average Bonchev–Trinajstić information content (AvgIpc) is 2.16. The first kappa shape index (κ1) is 13.0. The predicted octanol–water partition coefficient (Wildman–Crippen LogP) is 2.61. The molecular formula is C11H16ClNO. The molecule has 0 bridgehead atoms. The topological polar surface area (TPSA) is 35.2 Å². The summed E-state index contributed by atoms with van der Waals surface area (Å²) in [6.45, 7) is 5.68. The normalized spacial score (nSPS) is 11.4. The van der Waals surface area contributed by atoms with E-state index in [-0.39, 0.29) is 18.4 Å². The van der Waals surface area contributed by atoms with E-state index in [1.54, 1.807) is 13.2 Å². The van der Waals surface area contributed by atoms with E-state index in [1.807, 2.05) is 25.1 Å². The zero-order valence-electron chi connectivity index (χ0n) is 8.49. The number of ether oxygens (including phenoxy) is 1. The van der Waals surface area contributed by atoms with Crippen molar-refractivity contribution in [1.82, 2.24) is 0 Å². The molecule has 1 aromatic carbocycles. The smallest absolute Gasteiger partial charge is 0.119 e. The van der Waals surface area contributed by atoms with Gasteiger partial charge in [-0.05, 0) is 30.2 Å². The van der Waals surface area contributed by atoms with Gasteiger partial charge in [0.05, 0.1) is 7.11 Å². The van der Waals surface area contributed by atoms with Crippen LogP contribution >= 0.6 is 12.4 Å². The third-order valence-electron chi connectivity index (χ3n) is 2.09. The summed E-state index contributed by atoms with van der Waals surface area (Å²) in [5, 5.41) is 0. The highest BCUT2D eigenvalue weighted by atomic mass is 35.5. The Labute approximate surface area is 91.2 Å². The minimum absolute atomic E-state index is 0. The number of nitrogens with two attached hydrogens (primary N) is 1. The van der Waals surface area contributed by atoms with Crippen molar-refractivity contribution >= 4 is 12.4 Å². The monoisotopic (exact) mass is 213 g/mol. The zero-order valence-corrected chi connectivity index (χ0v) is 9.30. The maximum absolute atomic E-state index is 5.83. The number of benzene rings is 1. The van der Waals surface area contributed by atoms with Crippen LogP contribution in [0.2, 0.25) is 0 Å². The summed E-state index contributed by atoms with van der Waals surface area (Å²) in [6.07, 6.45) is 1.73. The molecule has 1 atom stereocenters. The van der Waals surface area contributed by atoms with Gasteiger partial charge in [0.1, 0.15) is 5.75 Å². The van der Waals surface area contributed by atoms with Gasteiger partial charge in [0, 0.05) is 6.04 Å². The predicted molar refractivity (Wildman–Crippen MR) is 62.1 cm³/mol. The molecule has 2 N–H and O–H groups in total. The fourth-order valence-corrected chi connectivity index (χ4v) is 1.28. The van der Waals surface area contributed by atoms with Gasteiger partial charge in [-0.2, -0.15) is 0 Å². The lowest BCUT2D eigenvalue weighted by atomic mass is 10.0. The van der Waals surface area contributed by atoms with Crippen LogP contribution in [-0.2, 0) is 0 Å². The van der Waals surface area contributed by atoms with Crippen molar-refractivity contribution in [3.8, 4) is 5.75 Å². The molecule has 0 heterocycles. The van der Waals surface area contributed by atoms with E-state index in [0.717, 1.165) is 16.9 Å². The molecule has 2 nitrogen and oxygen atoms in total. The van der Waals surface area contributed by atoms with Gasteiger partial charge in [-0.1, -0.05) is 12.1 Å². The average molecular weight is 214 g/mol. The largest absolute Gasteiger partial charge is 0.497 e. The van der Waals surface area contributed by atoms with Crippen molar-refractivity contribution < 1.29 is 4.74 Å². The summed E-state index contributed by atoms with van der Waals surface area (Å²) in [6, 6.07) is 5.76. The van der Waals surface area contributed by atoms with E-state index < -0.39 is 0 Å². The summed E-state index contributed by atoms with van der Waals surface area (Å²) in [4.78, 5) is 0. The third-order valence-corrected chi connectivity index (χ3v) is 2.09. The van der Waals surface area contributed by atoms with Crippen LogP contribution in [0.3, 0.4) is 0 Å². The molecule has 3 heteroatoms. The molecule has 0 aromatic heterocycles. The maximum Gasteiger partial charge on any atom is 0.119 e. The van der Waals surface area contributed by atoms with Crippen LogP contribution in [0, 0.1) is 6.92 Å². The second-order valence-electron chi connectivity index (χ2n) is 2.98. The van der Waals surface area contributed by atoms with Crippen LogP contribution in [0.15, 0.2) is 30.9 Å². The lowest BCUT2D eigenvalue weighted by molar-refractivity contribution is 0.414. The Bertz CT molecular complexity index is 312. The first-order valence-electron chi connectivity index (χ1n) is 4.21. The molecule has 0 unspecified atom stereocenters. The molecule has 14 heavy (non-hydrogen) atoms. The van der Waals surface area contributed by atoms with Crippen molar-refractivity contribution in [2.75, 3.05) is 7.11 Å². The van der Waals surface area contributed by atoms with Crippen molar-refractivity contribution in [1.29, 1.82) is 0 Å². The molecule has 0 radical (unpaired) electrons. The summed E-state index contributed by atoms with van der Waals surface area (Å²) in [5.41, 5.74) is 8.05. The van der Waals surface area contributed by atoms with E-state index in [9.17, 15) is 0 Å². The van der Waals surface area contributed by atoms with E-state index in [1.165, 1.54) is 0 Å². The number of methoxy groups -OCH3 is 1. The second-order valence-corrected chi connectivity index (χ2v) is 2.98. The molecule has 0 fully saturated rings. The van der Waals surface area contributed by atoms with Crippen LogP contribution in [-0.4, -0.2) is 7.11 Å². The van der Waals surface area contributed by atoms with Crippen molar-refractivity contribution in [2.24, 2.45) is 5.73 Å². The SMILES string of the molecule is C=C[C@H](N)c1ccc(OC)cc1C.Cl. The number of aryl methyl sites for hydroxylation is 1. The molecule has 78 valence electrons. The second kappa shape index (κ2) is 5.68. The fourth-order valence-electron chi connectivity index (χ4n) is 1.28. The fraction of sp³-hybridized carbons (Fsp3) is 0.273. The first-order chi connectivity index (χ1) is 6.19. The molecular weight excluding hydrogens is 198 g/mol. The number of hydrogen-bond donors (Lipinski definition) is 1. The molecule has 0 saturated carbocycles. The minimum Gasteiger partial charge on any atom is -0.497 e. The van der Waals surface area contributed by atoms with Crippen LogP contribution in [0.25, 0.3) is 0 Å². The summed E-state index contributed by atoms with van der Waals surface area (Å²) in [7, 11) is 1.65. The Kier molecular flexibility index (Phi) is 5.28. The summed E-state index contributed by atoms with van der Waals surface area (Å²) < 4.78 is 5.10. The van der Waals surface area contributed by atoms with Crippen molar-refractivity contribution in [2.45, 2.75) is 13.0 Å². The molecule has 0 saturated heterocycles. The van der Waals surface area contributed by atoms with Gasteiger partial charge in [0.25, 0.3) is 0 Å². The van der Waals surface area contributed by atoms with E-state index in [2.05, 4.69) is 6.58 Å². The summed E-state index contributed by atoms with van der Waals surface area (Å²) in [5.74, 6) is 0.859. The van der Waals surface area contributed by atoms with Crippen LogP contribution < -0.4 is 10.5 Å². The van der Waals surface area contributed by atoms with Gasteiger partial charge in [0.15, 0.2) is 0 Å². The van der Waals surface area contributed by atoms with Crippen molar-refractivity contribution in [3.05, 3.63) is 42.0 Å². The Hall–Kier alpha value is -0.990. The van der Waals surface area contributed by atoms with Crippen LogP contribution in [0.5, 0.6) is 5.75 Å². The Balaban J connectivity index is 0.00000169. The minimum atomic E-state index is -0.0918. The molecule has 1 aromatic rings. The molecule has 0 aliphatic heterocycles. The summed E-state index contributed by atoms with van der Waals surface area (Å²) >= 11 is 0. The Morgan fingerprint density at radius 1 is 1.50 bits per heavy atom. The first-order valence-corrected chi connectivity index (χ1v) is 4.21. The quantitative estimate of drug-likeness (QED) is 0.784. The highest BCUT2D eigenvalue weighted by Gasteiger charge is 2.05. The highest BCUT2D eigenvalue weighted by Crippen LogP contribution is 2.21. The number of hydrogen-bond acceptors (Lipinski definition) is 2. The highest BCUT2D eigenvalue weighted by molar-refractivity contribution is 5.85. The van der Waals surface area contributed by atoms with E-state index in [0.29, 0.717) is 0 Å². The van der Waals surface area contributed by atoms with Gasteiger partial charge in [-0.15, -0.1) is 19.0 Å². The third kappa shape index (κ3) is 2.76. The van der Waals surface area contributed by atoms with Gasteiger partial charge < -0.3 is 10.5 Å². The molecule has 1 rings (SSSR count). The standard InChI is InChI=1S/C11H15NO.ClH/c1-4-11(12)10-6-5-9(13-3)7-8(10)2;/h4-7,11H,1,12H2,2-3H3;1H/t11-;/m0./s1. The Morgan fingerprint density at radius 2 is 2.14 bits per heavy atom. The van der Waals surface area contributed by atoms with Crippen molar-refractivity contribution in [3.63, 3.8) is 0 Å².